The zero-order valence-corrected chi connectivity index (χ0v) is 9.97. The maximum absolute atomic E-state index is 11.2. The van der Waals surface area contributed by atoms with Crippen LogP contribution in [0.2, 0.25) is 0 Å². The lowest BCUT2D eigenvalue weighted by atomic mass is 10.3. The Bertz CT molecular complexity index is 413. The van der Waals surface area contributed by atoms with Crippen molar-refractivity contribution < 1.29 is 18.7 Å². The zero-order chi connectivity index (χ0) is 12.8. The molecular formula is C10H15N3O4. The van der Waals surface area contributed by atoms with Gasteiger partial charge in [0.15, 0.2) is 5.69 Å². The molecule has 1 heterocycles. The molecule has 0 aliphatic carbocycles. The number of carbonyl (C=O) groups is 1. The molecule has 0 saturated heterocycles. The Balaban J connectivity index is 2.90. The summed E-state index contributed by atoms with van der Waals surface area (Å²) >= 11 is 0. The molecule has 17 heavy (non-hydrogen) atoms. The van der Waals surface area contributed by atoms with E-state index in [0.29, 0.717) is 11.6 Å². The van der Waals surface area contributed by atoms with Gasteiger partial charge in [0, 0.05) is 0 Å². The van der Waals surface area contributed by atoms with E-state index in [0.717, 1.165) is 0 Å². The fourth-order valence-corrected chi connectivity index (χ4v) is 1.13. The molecule has 0 bridgehead atoms. The molecule has 1 rings (SSSR count). The van der Waals surface area contributed by atoms with E-state index in [1.165, 1.54) is 20.5 Å². The van der Waals surface area contributed by atoms with Crippen LogP contribution in [0.25, 0.3) is 0 Å². The van der Waals surface area contributed by atoms with Crippen LogP contribution in [-0.4, -0.2) is 37.1 Å². The van der Waals surface area contributed by atoms with Gasteiger partial charge in [-0.15, -0.1) is 0 Å². The third kappa shape index (κ3) is 3.28. The van der Waals surface area contributed by atoms with E-state index in [2.05, 4.69) is 14.7 Å². The van der Waals surface area contributed by atoms with Crippen molar-refractivity contribution in [1.29, 1.82) is 0 Å². The average molecular weight is 241 g/mol. The minimum absolute atomic E-state index is 0.184. The van der Waals surface area contributed by atoms with Crippen molar-refractivity contribution in [2.45, 2.75) is 19.5 Å². The molecule has 0 spiro atoms. The molecule has 0 aromatic carbocycles. The number of aromatic nitrogens is 1. The van der Waals surface area contributed by atoms with Crippen molar-refractivity contribution in [3.05, 3.63) is 17.8 Å². The van der Waals surface area contributed by atoms with Crippen molar-refractivity contribution in [3.63, 3.8) is 0 Å². The molecule has 0 unspecified atom stereocenters. The van der Waals surface area contributed by atoms with Crippen molar-refractivity contribution in [2.75, 3.05) is 14.2 Å². The van der Waals surface area contributed by atoms with E-state index in [1.807, 2.05) is 0 Å². The largest absolute Gasteiger partial charge is 0.480 e. The van der Waals surface area contributed by atoms with Gasteiger partial charge in [0.1, 0.15) is 12.3 Å². The molecule has 2 N–H and O–H groups in total. The maximum atomic E-state index is 11.2. The number of ether oxygens (including phenoxy) is 2. The number of methoxy groups -OCH3 is 2. The summed E-state index contributed by atoms with van der Waals surface area (Å²) < 4.78 is 14.6. The van der Waals surface area contributed by atoms with Crippen molar-refractivity contribution in [1.82, 2.24) is 4.98 Å². The molecule has 1 aromatic rings. The van der Waals surface area contributed by atoms with Crippen LogP contribution >= 0.6 is 0 Å². The highest BCUT2D eigenvalue weighted by Gasteiger charge is 2.16. The number of oxazole rings is 1. The second-order valence-electron chi connectivity index (χ2n) is 3.17. The Kier molecular flexibility index (Phi) is 4.65. The highest BCUT2D eigenvalue weighted by atomic mass is 16.5. The Labute approximate surface area is 98.6 Å². The number of nitrogens with zero attached hydrogens (tertiary/aromatic N) is 2. The summed E-state index contributed by atoms with van der Waals surface area (Å²) in [6.07, 6.45) is 1.37. The zero-order valence-electron chi connectivity index (χ0n) is 9.97. The number of carbonyl (C=O) groups excluding carboxylic acids is 1. The minimum atomic E-state index is -0.673. The van der Waals surface area contributed by atoms with Gasteiger partial charge in [0.2, 0.25) is 11.8 Å². The van der Waals surface area contributed by atoms with E-state index in [9.17, 15) is 4.79 Å². The molecular weight excluding hydrogens is 226 g/mol. The highest BCUT2D eigenvalue weighted by Crippen LogP contribution is 2.06. The molecule has 7 heteroatoms. The standard InChI is InChI=1S/C10H15N3O4/c1-6(10(14)16-3)12-9(15-2)7-5-17-8(4-11)13-7/h5-6H,4,11H2,1-3H3/t6-/m1/s1. The Hall–Kier alpha value is -1.89. The van der Waals surface area contributed by atoms with Crippen molar-refractivity contribution in [2.24, 2.45) is 10.7 Å². The third-order valence-electron chi connectivity index (χ3n) is 1.99. The number of aliphatic imine (C=N–C) groups is 1. The second kappa shape index (κ2) is 6.00. The molecule has 1 atom stereocenters. The van der Waals surface area contributed by atoms with Crippen LogP contribution in [0.1, 0.15) is 18.5 Å². The van der Waals surface area contributed by atoms with Crippen LogP contribution in [0.4, 0.5) is 0 Å². The summed E-state index contributed by atoms with van der Waals surface area (Å²) in [4.78, 5) is 19.3. The first-order valence-electron chi connectivity index (χ1n) is 4.96. The fraction of sp³-hybridized carbons (Fsp3) is 0.500. The number of esters is 1. The average Bonchev–Trinajstić information content (AvgIpc) is 2.83. The Morgan fingerprint density at radius 3 is 2.76 bits per heavy atom. The molecule has 0 saturated carbocycles. The summed E-state index contributed by atoms with van der Waals surface area (Å²) in [5.41, 5.74) is 5.76. The van der Waals surface area contributed by atoms with Crippen LogP contribution in [0, 0.1) is 0 Å². The quantitative estimate of drug-likeness (QED) is 0.455. The Morgan fingerprint density at radius 1 is 1.59 bits per heavy atom. The number of hydrogen-bond acceptors (Lipinski definition) is 7. The summed E-state index contributed by atoms with van der Waals surface area (Å²) in [5.74, 6) is 0.115. The maximum Gasteiger partial charge on any atom is 0.330 e. The molecule has 94 valence electrons. The van der Waals surface area contributed by atoms with Crippen LogP contribution in [-0.2, 0) is 20.8 Å². The van der Waals surface area contributed by atoms with Gasteiger partial charge in [-0.2, -0.15) is 0 Å². The van der Waals surface area contributed by atoms with Crippen LogP contribution in [0.15, 0.2) is 15.7 Å². The van der Waals surface area contributed by atoms with Crippen molar-refractivity contribution >= 4 is 11.9 Å². The van der Waals surface area contributed by atoms with E-state index in [4.69, 9.17) is 14.9 Å². The first-order chi connectivity index (χ1) is 8.12. The van der Waals surface area contributed by atoms with Gasteiger partial charge in [-0.25, -0.2) is 14.8 Å². The summed E-state index contributed by atoms with van der Waals surface area (Å²) in [6, 6.07) is -0.673. The van der Waals surface area contributed by atoms with E-state index in [1.54, 1.807) is 6.92 Å². The van der Waals surface area contributed by atoms with E-state index >= 15 is 0 Å². The van der Waals surface area contributed by atoms with Crippen LogP contribution in [0.5, 0.6) is 0 Å². The van der Waals surface area contributed by atoms with Gasteiger partial charge in [-0.05, 0) is 6.92 Å². The molecule has 0 aliphatic heterocycles. The lowest BCUT2D eigenvalue weighted by Gasteiger charge is -2.06. The normalized spacial score (nSPS) is 13.3. The van der Waals surface area contributed by atoms with Crippen molar-refractivity contribution in [3.8, 4) is 0 Å². The van der Waals surface area contributed by atoms with E-state index in [-0.39, 0.29) is 12.4 Å². The van der Waals surface area contributed by atoms with E-state index < -0.39 is 12.0 Å². The molecule has 0 aliphatic rings. The lowest BCUT2D eigenvalue weighted by molar-refractivity contribution is -0.141. The third-order valence-corrected chi connectivity index (χ3v) is 1.99. The van der Waals surface area contributed by atoms with Gasteiger partial charge in [0.25, 0.3) is 0 Å². The van der Waals surface area contributed by atoms with Gasteiger partial charge >= 0.3 is 5.97 Å². The predicted molar refractivity (Wildman–Crippen MR) is 59.4 cm³/mol. The number of hydrogen-bond donors (Lipinski definition) is 1. The smallest absolute Gasteiger partial charge is 0.330 e. The van der Waals surface area contributed by atoms with Gasteiger partial charge in [0.05, 0.1) is 20.8 Å². The van der Waals surface area contributed by atoms with Gasteiger partial charge in [-0.3, -0.25) is 0 Å². The second-order valence-corrected chi connectivity index (χ2v) is 3.17. The van der Waals surface area contributed by atoms with Gasteiger partial charge in [-0.1, -0.05) is 0 Å². The molecule has 0 fully saturated rings. The topological polar surface area (TPSA) is 99.9 Å². The Morgan fingerprint density at radius 2 is 2.29 bits per heavy atom. The summed E-state index contributed by atoms with van der Waals surface area (Å²) in [5, 5.41) is 0. The number of nitrogens with two attached hydrogens (primary N) is 1. The molecule has 1 aromatic heterocycles. The van der Waals surface area contributed by atoms with Gasteiger partial charge < -0.3 is 19.6 Å². The lowest BCUT2D eigenvalue weighted by Crippen LogP contribution is -2.19. The highest BCUT2D eigenvalue weighted by molar-refractivity contribution is 5.93. The first kappa shape index (κ1) is 13.2. The molecule has 0 radical (unpaired) electrons. The van der Waals surface area contributed by atoms with Crippen LogP contribution in [0.3, 0.4) is 0 Å². The number of rotatable bonds is 4. The first-order valence-corrected chi connectivity index (χ1v) is 4.96. The molecule has 7 nitrogen and oxygen atoms in total. The molecule has 0 amide bonds. The summed E-state index contributed by atoms with van der Waals surface area (Å²) in [7, 11) is 2.73. The minimum Gasteiger partial charge on any atom is -0.480 e. The summed E-state index contributed by atoms with van der Waals surface area (Å²) in [6.45, 7) is 1.78. The SMILES string of the molecule is COC(=O)[C@@H](C)N=C(OC)c1coc(CN)n1. The van der Waals surface area contributed by atoms with Crippen LogP contribution < -0.4 is 5.73 Å². The fourth-order valence-electron chi connectivity index (χ4n) is 1.13. The monoisotopic (exact) mass is 241 g/mol. The predicted octanol–water partition coefficient (Wildman–Crippen LogP) is 0.0878.